The second kappa shape index (κ2) is 6.00. The minimum Gasteiger partial charge on any atom is -0.352 e. The molecule has 0 aromatic heterocycles. The Morgan fingerprint density at radius 2 is 1.67 bits per heavy atom. The van der Waals surface area contributed by atoms with Gasteiger partial charge in [-0.3, -0.25) is 0 Å². The molecule has 0 amide bonds. The molecule has 2 nitrogen and oxygen atoms in total. The lowest BCUT2D eigenvalue weighted by atomic mass is 10.0. The van der Waals surface area contributed by atoms with Crippen LogP contribution in [0, 0.1) is 6.92 Å². The molecule has 0 saturated carbocycles. The molecule has 0 bridgehead atoms. The third-order valence-corrected chi connectivity index (χ3v) is 4.21. The van der Waals surface area contributed by atoms with Gasteiger partial charge in [0.05, 0.1) is 6.04 Å². The van der Waals surface area contributed by atoms with Crippen LogP contribution < -0.4 is 10.6 Å². The number of benzene rings is 2. The second-order valence-electron chi connectivity index (χ2n) is 5.07. The Kier molecular flexibility index (Phi) is 4.08. The Morgan fingerprint density at radius 3 is 2.33 bits per heavy atom. The number of halogens is 1. The first-order valence-corrected chi connectivity index (χ1v) is 7.94. The summed E-state index contributed by atoms with van der Waals surface area (Å²) in [7, 11) is 0. The van der Waals surface area contributed by atoms with Gasteiger partial charge in [-0.25, -0.2) is 0 Å². The van der Waals surface area contributed by atoms with E-state index >= 15 is 0 Å². The van der Waals surface area contributed by atoms with Crippen molar-refractivity contribution in [3.63, 3.8) is 0 Å². The molecular formula is C17H15BrN2S. The van der Waals surface area contributed by atoms with Crippen molar-refractivity contribution in [2.45, 2.75) is 13.0 Å². The molecule has 0 radical (unpaired) electrons. The Bertz CT molecular complexity index is 690. The molecule has 1 aliphatic rings. The number of hydrogen-bond acceptors (Lipinski definition) is 1. The molecular weight excluding hydrogens is 344 g/mol. The van der Waals surface area contributed by atoms with Gasteiger partial charge in [-0.15, -0.1) is 0 Å². The topological polar surface area (TPSA) is 24.1 Å². The lowest BCUT2D eigenvalue weighted by Gasteiger charge is -2.26. The fourth-order valence-corrected chi connectivity index (χ4v) is 2.80. The van der Waals surface area contributed by atoms with Crippen LogP contribution in [0.15, 0.2) is 59.1 Å². The molecule has 106 valence electrons. The summed E-state index contributed by atoms with van der Waals surface area (Å²) in [4.78, 5) is 0. The van der Waals surface area contributed by atoms with Crippen LogP contribution in [0.25, 0.3) is 5.70 Å². The number of hydrogen-bond donors (Lipinski definition) is 2. The molecule has 3 rings (SSSR count). The summed E-state index contributed by atoms with van der Waals surface area (Å²) in [5.74, 6) is 0. The van der Waals surface area contributed by atoms with Gasteiger partial charge in [-0.1, -0.05) is 57.9 Å². The summed E-state index contributed by atoms with van der Waals surface area (Å²) < 4.78 is 1.07. The van der Waals surface area contributed by atoms with Gasteiger partial charge in [0.15, 0.2) is 5.11 Å². The third kappa shape index (κ3) is 3.34. The van der Waals surface area contributed by atoms with Gasteiger partial charge in [0.1, 0.15) is 0 Å². The van der Waals surface area contributed by atoms with Crippen molar-refractivity contribution in [2.24, 2.45) is 0 Å². The summed E-state index contributed by atoms with van der Waals surface area (Å²) in [6.45, 7) is 2.09. The van der Waals surface area contributed by atoms with E-state index < -0.39 is 0 Å². The van der Waals surface area contributed by atoms with Gasteiger partial charge in [0, 0.05) is 10.2 Å². The molecule has 1 atom stereocenters. The maximum atomic E-state index is 5.34. The normalized spacial score (nSPS) is 17.7. The number of aryl methyl sites for hydroxylation is 1. The Morgan fingerprint density at radius 1 is 1.00 bits per heavy atom. The van der Waals surface area contributed by atoms with Crippen LogP contribution >= 0.6 is 28.1 Å². The maximum absolute atomic E-state index is 5.34. The maximum Gasteiger partial charge on any atom is 0.171 e. The highest BCUT2D eigenvalue weighted by molar-refractivity contribution is 9.10. The van der Waals surface area contributed by atoms with E-state index in [1.165, 1.54) is 11.1 Å². The molecule has 4 heteroatoms. The van der Waals surface area contributed by atoms with Crippen LogP contribution in [-0.2, 0) is 0 Å². The zero-order chi connectivity index (χ0) is 14.8. The standard InChI is InChI=1S/C17H15BrN2S/c1-11-2-4-12(5-3-11)15-10-16(20-17(21)19-15)13-6-8-14(18)9-7-13/h2-10,16H,1H3,(H2,19,20,21). The lowest BCUT2D eigenvalue weighted by Crippen LogP contribution is -2.40. The average Bonchev–Trinajstić information content (AvgIpc) is 2.48. The molecule has 1 unspecified atom stereocenters. The first kappa shape index (κ1) is 14.3. The second-order valence-corrected chi connectivity index (χ2v) is 6.40. The minimum atomic E-state index is 0.0863. The zero-order valence-corrected chi connectivity index (χ0v) is 14.0. The van der Waals surface area contributed by atoms with E-state index in [4.69, 9.17) is 12.2 Å². The van der Waals surface area contributed by atoms with Gasteiger partial charge in [-0.05, 0) is 48.5 Å². The fraction of sp³-hybridized carbons (Fsp3) is 0.118. The van der Waals surface area contributed by atoms with Crippen molar-refractivity contribution >= 4 is 39.0 Å². The Hall–Kier alpha value is -1.65. The van der Waals surface area contributed by atoms with Crippen LogP contribution in [0.1, 0.15) is 22.7 Å². The Balaban J connectivity index is 1.95. The van der Waals surface area contributed by atoms with Crippen LogP contribution in [0.3, 0.4) is 0 Å². The van der Waals surface area contributed by atoms with Crippen LogP contribution in [-0.4, -0.2) is 5.11 Å². The van der Waals surface area contributed by atoms with E-state index in [-0.39, 0.29) is 6.04 Å². The largest absolute Gasteiger partial charge is 0.352 e. The van der Waals surface area contributed by atoms with E-state index in [2.05, 4.69) is 76.0 Å². The van der Waals surface area contributed by atoms with Crippen LogP contribution in [0.2, 0.25) is 0 Å². The first-order valence-electron chi connectivity index (χ1n) is 6.74. The SMILES string of the molecule is Cc1ccc(C2=CC(c3ccc(Br)cc3)NC(=S)N2)cc1. The highest BCUT2D eigenvalue weighted by atomic mass is 79.9. The minimum absolute atomic E-state index is 0.0863. The molecule has 21 heavy (non-hydrogen) atoms. The van der Waals surface area contributed by atoms with Gasteiger partial charge >= 0.3 is 0 Å². The predicted molar refractivity (Wildman–Crippen MR) is 94.9 cm³/mol. The van der Waals surface area contributed by atoms with Crippen molar-refractivity contribution in [3.8, 4) is 0 Å². The van der Waals surface area contributed by atoms with Crippen LogP contribution in [0.4, 0.5) is 0 Å². The number of rotatable bonds is 2. The summed E-state index contributed by atoms with van der Waals surface area (Å²) >= 11 is 8.80. The van der Waals surface area contributed by atoms with E-state index in [0.29, 0.717) is 5.11 Å². The molecule has 0 saturated heterocycles. The lowest BCUT2D eigenvalue weighted by molar-refractivity contribution is 0.765. The molecule has 1 heterocycles. The molecule has 1 aliphatic heterocycles. The highest BCUT2D eigenvalue weighted by Gasteiger charge is 2.18. The van der Waals surface area contributed by atoms with Gasteiger partial charge in [0.2, 0.25) is 0 Å². The quantitative estimate of drug-likeness (QED) is 0.781. The number of nitrogens with one attached hydrogen (secondary N) is 2. The van der Waals surface area contributed by atoms with E-state index in [1.807, 2.05) is 12.1 Å². The molecule has 2 N–H and O–H groups in total. The van der Waals surface area contributed by atoms with Crippen molar-refractivity contribution in [1.82, 2.24) is 10.6 Å². The summed E-state index contributed by atoms with van der Waals surface area (Å²) in [5, 5.41) is 7.18. The van der Waals surface area contributed by atoms with E-state index in [9.17, 15) is 0 Å². The number of thiocarbonyl (C=S) groups is 1. The van der Waals surface area contributed by atoms with E-state index in [1.54, 1.807) is 0 Å². The smallest absolute Gasteiger partial charge is 0.171 e. The monoisotopic (exact) mass is 358 g/mol. The summed E-state index contributed by atoms with van der Waals surface area (Å²) in [5.41, 5.74) is 4.63. The summed E-state index contributed by atoms with van der Waals surface area (Å²) in [6, 6.07) is 16.8. The van der Waals surface area contributed by atoms with Gasteiger partial charge in [-0.2, -0.15) is 0 Å². The Labute approximate surface area is 138 Å². The van der Waals surface area contributed by atoms with Crippen molar-refractivity contribution in [1.29, 1.82) is 0 Å². The van der Waals surface area contributed by atoms with Crippen molar-refractivity contribution in [3.05, 3.63) is 75.8 Å². The molecule has 0 fully saturated rings. The van der Waals surface area contributed by atoms with Gasteiger partial charge < -0.3 is 10.6 Å². The predicted octanol–water partition coefficient (Wildman–Crippen LogP) is 4.32. The fourth-order valence-electron chi connectivity index (χ4n) is 2.30. The molecule has 0 spiro atoms. The molecule has 0 aliphatic carbocycles. The third-order valence-electron chi connectivity index (χ3n) is 3.46. The molecule has 2 aromatic rings. The van der Waals surface area contributed by atoms with Gasteiger partial charge in [0.25, 0.3) is 0 Å². The van der Waals surface area contributed by atoms with Crippen LogP contribution in [0.5, 0.6) is 0 Å². The molecule has 2 aromatic carbocycles. The highest BCUT2D eigenvalue weighted by Crippen LogP contribution is 2.24. The summed E-state index contributed by atoms with van der Waals surface area (Å²) in [6.07, 6.45) is 2.17. The van der Waals surface area contributed by atoms with E-state index in [0.717, 1.165) is 15.7 Å². The van der Waals surface area contributed by atoms with Crippen molar-refractivity contribution in [2.75, 3.05) is 0 Å². The van der Waals surface area contributed by atoms with Crippen molar-refractivity contribution < 1.29 is 0 Å². The average molecular weight is 359 g/mol. The first-order chi connectivity index (χ1) is 10.1. The zero-order valence-electron chi connectivity index (χ0n) is 11.6.